The monoisotopic (exact) mass is 368 g/mol. The predicted octanol–water partition coefficient (Wildman–Crippen LogP) is 1.61. The van der Waals surface area contributed by atoms with Crippen molar-refractivity contribution in [1.82, 2.24) is 10.2 Å². The molecule has 7 nitrogen and oxygen atoms in total. The molecule has 2 heterocycles. The van der Waals surface area contributed by atoms with Gasteiger partial charge in [0.25, 0.3) is 5.91 Å². The van der Waals surface area contributed by atoms with Gasteiger partial charge in [0.1, 0.15) is 23.1 Å². The molecule has 1 aliphatic heterocycles. The Morgan fingerprint density at radius 2 is 1.84 bits per heavy atom. The van der Waals surface area contributed by atoms with E-state index in [1.54, 1.807) is 0 Å². The zero-order valence-corrected chi connectivity index (χ0v) is 13.7. The van der Waals surface area contributed by atoms with Crippen molar-refractivity contribution >= 4 is 27.2 Å². The Labute approximate surface area is 142 Å². The number of nitrogens with zero attached hydrogens (tertiary/aromatic N) is 2. The van der Waals surface area contributed by atoms with Crippen LogP contribution in [0.4, 0.5) is 20.3 Å². The summed E-state index contributed by atoms with van der Waals surface area (Å²) in [4.78, 5) is 12.0. The van der Waals surface area contributed by atoms with Gasteiger partial charge >= 0.3 is 0 Å². The number of sulfone groups is 1. The maximum absolute atomic E-state index is 13.5. The zero-order chi connectivity index (χ0) is 18.0. The van der Waals surface area contributed by atoms with E-state index in [1.165, 1.54) is 18.2 Å². The number of hydrogen-bond acceptors (Lipinski definition) is 6. The molecule has 1 atom stereocenters. The molecule has 0 bridgehead atoms. The van der Waals surface area contributed by atoms with Crippen LogP contribution in [-0.2, 0) is 9.84 Å². The van der Waals surface area contributed by atoms with Gasteiger partial charge in [-0.2, -0.15) is 0 Å². The van der Waals surface area contributed by atoms with Crippen molar-refractivity contribution in [3.8, 4) is 0 Å². The third kappa shape index (κ3) is 4.08. The smallest absolute Gasteiger partial charge is 0.276 e. The minimum atomic E-state index is -3.03. The fourth-order valence-electron chi connectivity index (χ4n) is 2.44. The number of carbonyl (C=O) groups excluding carboxylic acids is 1. The van der Waals surface area contributed by atoms with Gasteiger partial charge < -0.3 is 10.6 Å². The van der Waals surface area contributed by atoms with E-state index in [-0.39, 0.29) is 23.2 Å². The SMILES string of the molecule is O=C(Nc1c(F)cccc1F)c1ccc(NC2CCS(=O)(=O)C2)nn1. The van der Waals surface area contributed by atoms with E-state index in [9.17, 15) is 22.0 Å². The first-order valence-corrected chi connectivity index (χ1v) is 9.22. The highest BCUT2D eigenvalue weighted by Gasteiger charge is 2.28. The highest BCUT2D eigenvalue weighted by atomic mass is 32.2. The van der Waals surface area contributed by atoms with Crippen LogP contribution in [0.3, 0.4) is 0 Å². The van der Waals surface area contributed by atoms with Gasteiger partial charge in [0.15, 0.2) is 15.5 Å². The van der Waals surface area contributed by atoms with Crippen molar-refractivity contribution < 1.29 is 22.0 Å². The van der Waals surface area contributed by atoms with Crippen molar-refractivity contribution in [2.24, 2.45) is 0 Å². The fourth-order valence-corrected chi connectivity index (χ4v) is 4.12. The third-order valence-corrected chi connectivity index (χ3v) is 5.45. The molecule has 132 valence electrons. The van der Waals surface area contributed by atoms with E-state index in [1.807, 2.05) is 0 Å². The number of hydrogen-bond donors (Lipinski definition) is 2. The summed E-state index contributed by atoms with van der Waals surface area (Å²) in [6, 6.07) is 5.74. The number of benzene rings is 1. The number of nitrogens with one attached hydrogen (secondary N) is 2. The maximum atomic E-state index is 13.5. The summed E-state index contributed by atoms with van der Waals surface area (Å²) in [6.07, 6.45) is 0.471. The minimum absolute atomic E-state index is 0.0173. The molecule has 0 saturated carbocycles. The second-order valence-electron chi connectivity index (χ2n) is 5.60. The van der Waals surface area contributed by atoms with Crippen LogP contribution < -0.4 is 10.6 Å². The van der Waals surface area contributed by atoms with Gasteiger partial charge in [0.2, 0.25) is 0 Å². The molecule has 1 aliphatic rings. The van der Waals surface area contributed by atoms with Crippen molar-refractivity contribution in [2.45, 2.75) is 12.5 Å². The molecule has 10 heteroatoms. The van der Waals surface area contributed by atoms with Crippen LogP contribution in [0, 0.1) is 11.6 Å². The van der Waals surface area contributed by atoms with Gasteiger partial charge in [-0.1, -0.05) is 6.07 Å². The predicted molar refractivity (Wildman–Crippen MR) is 87.0 cm³/mol. The number of aromatic nitrogens is 2. The average Bonchev–Trinajstić information content (AvgIpc) is 2.90. The van der Waals surface area contributed by atoms with Gasteiger partial charge in [-0.3, -0.25) is 4.79 Å². The van der Waals surface area contributed by atoms with Crippen molar-refractivity contribution in [1.29, 1.82) is 0 Å². The Bertz CT molecular complexity index is 883. The largest absolute Gasteiger partial charge is 0.365 e. The lowest BCUT2D eigenvalue weighted by Crippen LogP contribution is -2.22. The highest BCUT2D eigenvalue weighted by molar-refractivity contribution is 7.91. The molecule has 1 aromatic heterocycles. The van der Waals surface area contributed by atoms with Gasteiger partial charge in [0, 0.05) is 6.04 Å². The zero-order valence-electron chi connectivity index (χ0n) is 12.9. The average molecular weight is 368 g/mol. The summed E-state index contributed by atoms with van der Waals surface area (Å²) in [5, 5.41) is 12.5. The second-order valence-corrected chi connectivity index (χ2v) is 7.83. The third-order valence-electron chi connectivity index (χ3n) is 3.68. The van der Waals surface area contributed by atoms with E-state index in [2.05, 4.69) is 20.8 Å². The summed E-state index contributed by atoms with van der Waals surface area (Å²) >= 11 is 0. The molecule has 2 N–H and O–H groups in total. The molecular weight excluding hydrogens is 354 g/mol. The lowest BCUT2D eigenvalue weighted by molar-refractivity contribution is 0.102. The molecule has 1 aromatic carbocycles. The molecule has 0 spiro atoms. The summed E-state index contributed by atoms with van der Waals surface area (Å²) in [5.41, 5.74) is -0.695. The molecule has 0 radical (unpaired) electrons. The molecule has 1 amide bonds. The number of para-hydroxylation sites is 1. The van der Waals surface area contributed by atoms with Crippen LogP contribution in [0.1, 0.15) is 16.9 Å². The Morgan fingerprint density at radius 3 is 2.40 bits per heavy atom. The molecule has 1 saturated heterocycles. The van der Waals surface area contributed by atoms with Gasteiger partial charge in [-0.25, -0.2) is 17.2 Å². The summed E-state index contributed by atoms with van der Waals surface area (Å²) in [6.45, 7) is 0. The van der Waals surface area contributed by atoms with Crippen LogP contribution in [0.5, 0.6) is 0 Å². The van der Waals surface area contributed by atoms with Crippen LogP contribution in [-0.4, -0.2) is 42.1 Å². The second kappa shape index (κ2) is 6.71. The first kappa shape index (κ1) is 17.2. The number of halogens is 2. The van der Waals surface area contributed by atoms with E-state index in [0.717, 1.165) is 12.1 Å². The highest BCUT2D eigenvalue weighted by Crippen LogP contribution is 2.19. The van der Waals surface area contributed by atoms with Crippen molar-refractivity contribution in [3.63, 3.8) is 0 Å². The quantitative estimate of drug-likeness (QED) is 0.850. The Kier molecular flexibility index (Phi) is 4.62. The molecule has 2 aromatic rings. The van der Waals surface area contributed by atoms with Gasteiger partial charge in [-0.05, 0) is 30.7 Å². The van der Waals surface area contributed by atoms with Crippen LogP contribution in [0.15, 0.2) is 30.3 Å². The summed E-state index contributed by atoms with van der Waals surface area (Å²) < 4.78 is 49.9. The standard InChI is InChI=1S/C15H14F2N4O3S/c16-10-2-1-3-11(17)14(10)19-15(22)12-4-5-13(21-20-12)18-9-6-7-25(23,24)8-9/h1-5,9H,6-8H2,(H,18,21)(H,19,22). The molecule has 25 heavy (non-hydrogen) atoms. The van der Waals surface area contributed by atoms with E-state index < -0.39 is 33.1 Å². The Hall–Kier alpha value is -2.62. The Morgan fingerprint density at radius 1 is 1.12 bits per heavy atom. The van der Waals surface area contributed by atoms with Crippen LogP contribution in [0.25, 0.3) is 0 Å². The number of anilines is 2. The normalized spacial score (nSPS) is 18.7. The van der Waals surface area contributed by atoms with Crippen molar-refractivity contribution in [2.75, 3.05) is 22.1 Å². The van der Waals surface area contributed by atoms with Gasteiger partial charge in [-0.15, -0.1) is 10.2 Å². The number of rotatable bonds is 4. The molecule has 0 aliphatic carbocycles. The minimum Gasteiger partial charge on any atom is -0.365 e. The first-order valence-electron chi connectivity index (χ1n) is 7.40. The fraction of sp³-hybridized carbons (Fsp3) is 0.267. The lowest BCUT2D eigenvalue weighted by atomic mass is 10.2. The van der Waals surface area contributed by atoms with Crippen molar-refractivity contribution in [3.05, 3.63) is 47.7 Å². The molecule has 1 unspecified atom stereocenters. The number of carbonyl (C=O) groups is 1. The lowest BCUT2D eigenvalue weighted by Gasteiger charge is -2.11. The van der Waals surface area contributed by atoms with E-state index in [0.29, 0.717) is 12.2 Å². The maximum Gasteiger partial charge on any atom is 0.276 e. The summed E-state index contributed by atoms with van der Waals surface area (Å²) in [7, 11) is -3.03. The van der Waals surface area contributed by atoms with Gasteiger partial charge in [0.05, 0.1) is 11.5 Å². The van der Waals surface area contributed by atoms with Crippen LogP contribution in [0.2, 0.25) is 0 Å². The summed E-state index contributed by atoms with van der Waals surface area (Å²) in [5.74, 6) is -2.16. The topological polar surface area (TPSA) is 101 Å². The molecule has 3 rings (SSSR count). The first-order chi connectivity index (χ1) is 11.8. The van der Waals surface area contributed by atoms with E-state index in [4.69, 9.17) is 0 Å². The van der Waals surface area contributed by atoms with Crippen LogP contribution >= 0.6 is 0 Å². The molecular formula is C15H14F2N4O3S. The Balaban J connectivity index is 1.67. The molecule has 1 fully saturated rings. The van der Waals surface area contributed by atoms with E-state index >= 15 is 0 Å². The number of amides is 1.